The second-order valence-corrected chi connectivity index (χ2v) is 8.14. The Morgan fingerprint density at radius 3 is 2.71 bits per heavy atom. The maximum Gasteiger partial charge on any atom is 0.261 e. The summed E-state index contributed by atoms with van der Waals surface area (Å²) in [5.41, 5.74) is 2.27. The first-order chi connectivity index (χ1) is 16.7. The summed E-state index contributed by atoms with van der Waals surface area (Å²) in [5.74, 6) is 1.02. The van der Waals surface area contributed by atoms with Gasteiger partial charge in [-0.3, -0.25) is 9.78 Å². The van der Waals surface area contributed by atoms with E-state index in [1.54, 1.807) is 30.7 Å². The van der Waals surface area contributed by atoms with Crippen LogP contribution in [0.3, 0.4) is 0 Å². The van der Waals surface area contributed by atoms with E-state index in [-0.39, 0.29) is 17.6 Å². The standard InChI is InChI=1S/C25H23FN6O2/c26-20-4-1-3-19(15-20)22-30-25(34-31-22)21-5-2-10-28-23(21)32-13-8-18(9-14-32)24(33)29-16-17-6-11-27-12-7-17/h1-7,10-12,15,18H,8-9,13-14,16H2,(H,29,33). The van der Waals surface area contributed by atoms with Gasteiger partial charge in [0.15, 0.2) is 0 Å². The summed E-state index contributed by atoms with van der Waals surface area (Å²) in [4.78, 5) is 27.8. The van der Waals surface area contributed by atoms with Crippen molar-refractivity contribution in [3.05, 3.63) is 78.5 Å². The number of pyridine rings is 2. The van der Waals surface area contributed by atoms with Crippen LogP contribution >= 0.6 is 0 Å². The lowest BCUT2D eigenvalue weighted by Gasteiger charge is -2.32. The van der Waals surface area contributed by atoms with Crippen LogP contribution in [0.1, 0.15) is 18.4 Å². The van der Waals surface area contributed by atoms with E-state index in [1.165, 1.54) is 12.1 Å². The van der Waals surface area contributed by atoms with Gasteiger partial charge in [0.05, 0.1) is 5.56 Å². The van der Waals surface area contributed by atoms with Crippen LogP contribution in [0.5, 0.6) is 0 Å². The molecule has 0 atom stereocenters. The number of nitrogens with zero attached hydrogens (tertiary/aromatic N) is 5. The van der Waals surface area contributed by atoms with Crippen LogP contribution in [0.2, 0.25) is 0 Å². The molecular weight excluding hydrogens is 435 g/mol. The number of anilines is 1. The van der Waals surface area contributed by atoms with Gasteiger partial charge in [0.25, 0.3) is 5.89 Å². The predicted molar refractivity (Wildman–Crippen MR) is 124 cm³/mol. The monoisotopic (exact) mass is 458 g/mol. The van der Waals surface area contributed by atoms with Crippen LogP contribution in [0.15, 0.2) is 71.6 Å². The number of aromatic nitrogens is 4. The number of nitrogens with one attached hydrogen (secondary N) is 1. The van der Waals surface area contributed by atoms with Crippen molar-refractivity contribution in [3.8, 4) is 22.8 Å². The van der Waals surface area contributed by atoms with E-state index in [0.29, 0.717) is 42.5 Å². The maximum atomic E-state index is 13.6. The fraction of sp³-hybridized carbons (Fsp3) is 0.240. The molecule has 34 heavy (non-hydrogen) atoms. The Hall–Kier alpha value is -4.14. The third-order valence-electron chi connectivity index (χ3n) is 5.91. The highest BCUT2D eigenvalue weighted by Crippen LogP contribution is 2.32. The Morgan fingerprint density at radius 1 is 1.09 bits per heavy atom. The highest BCUT2D eigenvalue weighted by Gasteiger charge is 2.27. The van der Waals surface area contributed by atoms with Crippen molar-refractivity contribution in [2.24, 2.45) is 5.92 Å². The summed E-state index contributed by atoms with van der Waals surface area (Å²) in [6.45, 7) is 1.86. The van der Waals surface area contributed by atoms with Gasteiger partial charge in [0.1, 0.15) is 11.6 Å². The number of rotatable bonds is 6. The largest absolute Gasteiger partial charge is 0.356 e. The Morgan fingerprint density at radius 2 is 1.91 bits per heavy atom. The number of carbonyl (C=O) groups is 1. The number of hydrogen-bond donors (Lipinski definition) is 1. The third kappa shape index (κ3) is 4.78. The summed E-state index contributed by atoms with van der Waals surface area (Å²) in [7, 11) is 0. The molecule has 4 aromatic rings. The Labute approximate surface area is 195 Å². The average Bonchev–Trinajstić information content (AvgIpc) is 3.38. The summed E-state index contributed by atoms with van der Waals surface area (Å²) in [5, 5.41) is 7.04. The SMILES string of the molecule is O=C(NCc1ccncc1)C1CCN(c2ncccc2-c2nc(-c3cccc(F)c3)no2)CC1. The van der Waals surface area contributed by atoms with Crippen molar-refractivity contribution >= 4 is 11.7 Å². The van der Waals surface area contributed by atoms with E-state index in [1.807, 2.05) is 24.3 Å². The van der Waals surface area contributed by atoms with Crippen LogP contribution in [-0.4, -0.2) is 39.1 Å². The molecule has 172 valence electrons. The van der Waals surface area contributed by atoms with Gasteiger partial charge in [-0.05, 0) is 54.8 Å². The zero-order valence-electron chi connectivity index (χ0n) is 18.4. The lowest BCUT2D eigenvalue weighted by atomic mass is 9.95. The minimum absolute atomic E-state index is 0.0479. The topological polar surface area (TPSA) is 97.0 Å². The van der Waals surface area contributed by atoms with E-state index in [9.17, 15) is 9.18 Å². The Bertz CT molecular complexity index is 1270. The second-order valence-electron chi connectivity index (χ2n) is 8.14. The first-order valence-electron chi connectivity index (χ1n) is 11.1. The molecule has 9 heteroatoms. The minimum Gasteiger partial charge on any atom is -0.356 e. The first kappa shape index (κ1) is 21.7. The fourth-order valence-corrected chi connectivity index (χ4v) is 4.08. The zero-order chi connectivity index (χ0) is 23.3. The summed E-state index contributed by atoms with van der Waals surface area (Å²) in [6, 6.07) is 13.5. The van der Waals surface area contributed by atoms with E-state index in [0.717, 1.165) is 24.2 Å². The van der Waals surface area contributed by atoms with Crippen LogP contribution in [0.25, 0.3) is 22.8 Å². The second kappa shape index (κ2) is 9.78. The van der Waals surface area contributed by atoms with E-state index < -0.39 is 0 Å². The van der Waals surface area contributed by atoms with Crippen molar-refractivity contribution in [2.75, 3.05) is 18.0 Å². The molecule has 0 bridgehead atoms. The molecule has 1 amide bonds. The van der Waals surface area contributed by atoms with Crippen molar-refractivity contribution in [1.82, 2.24) is 25.4 Å². The van der Waals surface area contributed by atoms with Crippen molar-refractivity contribution < 1.29 is 13.7 Å². The lowest BCUT2D eigenvalue weighted by molar-refractivity contribution is -0.125. The van der Waals surface area contributed by atoms with Crippen LogP contribution in [0, 0.1) is 11.7 Å². The van der Waals surface area contributed by atoms with Gasteiger partial charge < -0.3 is 14.7 Å². The smallest absolute Gasteiger partial charge is 0.261 e. The molecule has 1 fully saturated rings. The van der Waals surface area contributed by atoms with Crippen LogP contribution < -0.4 is 10.2 Å². The quantitative estimate of drug-likeness (QED) is 0.469. The maximum absolute atomic E-state index is 13.6. The molecule has 3 aromatic heterocycles. The summed E-state index contributed by atoms with van der Waals surface area (Å²) < 4.78 is 19.1. The molecule has 0 spiro atoms. The number of carbonyl (C=O) groups excluding carboxylic acids is 1. The van der Waals surface area contributed by atoms with Crippen LogP contribution in [-0.2, 0) is 11.3 Å². The number of hydrogen-bond acceptors (Lipinski definition) is 7. The zero-order valence-corrected chi connectivity index (χ0v) is 18.4. The number of piperidine rings is 1. The highest BCUT2D eigenvalue weighted by molar-refractivity contribution is 5.79. The number of amides is 1. The van der Waals surface area contributed by atoms with Crippen molar-refractivity contribution in [1.29, 1.82) is 0 Å². The molecule has 1 aromatic carbocycles. The Kier molecular flexibility index (Phi) is 6.24. The third-order valence-corrected chi connectivity index (χ3v) is 5.91. The normalized spacial score (nSPS) is 14.2. The molecule has 1 saturated heterocycles. The van der Waals surface area contributed by atoms with Gasteiger partial charge >= 0.3 is 0 Å². The van der Waals surface area contributed by atoms with Gasteiger partial charge in [-0.2, -0.15) is 4.98 Å². The van der Waals surface area contributed by atoms with Gasteiger partial charge in [0.2, 0.25) is 11.7 Å². The highest BCUT2D eigenvalue weighted by atomic mass is 19.1. The lowest BCUT2D eigenvalue weighted by Crippen LogP contribution is -2.40. The molecule has 1 N–H and O–H groups in total. The molecule has 5 rings (SSSR count). The van der Waals surface area contributed by atoms with Crippen molar-refractivity contribution in [3.63, 3.8) is 0 Å². The molecule has 0 aliphatic carbocycles. The molecule has 0 unspecified atom stereocenters. The molecular formula is C25H23FN6O2. The van der Waals surface area contributed by atoms with E-state index in [4.69, 9.17) is 4.52 Å². The van der Waals surface area contributed by atoms with Crippen LogP contribution in [0.4, 0.5) is 10.2 Å². The predicted octanol–water partition coefficient (Wildman–Crippen LogP) is 3.87. The molecule has 1 aliphatic rings. The van der Waals surface area contributed by atoms with Gasteiger partial charge in [-0.15, -0.1) is 0 Å². The first-order valence-corrected chi connectivity index (χ1v) is 11.1. The van der Waals surface area contributed by atoms with Gasteiger partial charge in [-0.1, -0.05) is 17.3 Å². The van der Waals surface area contributed by atoms with Gasteiger partial charge in [-0.25, -0.2) is 9.37 Å². The molecule has 4 heterocycles. The average molecular weight is 458 g/mol. The number of halogens is 1. The van der Waals surface area contributed by atoms with Gasteiger partial charge in [0, 0.05) is 49.7 Å². The summed E-state index contributed by atoms with van der Waals surface area (Å²) in [6.07, 6.45) is 6.59. The minimum atomic E-state index is -0.362. The van der Waals surface area contributed by atoms with Crippen molar-refractivity contribution in [2.45, 2.75) is 19.4 Å². The molecule has 0 saturated carbocycles. The number of benzene rings is 1. The van der Waals surface area contributed by atoms with E-state index in [2.05, 4.69) is 30.3 Å². The van der Waals surface area contributed by atoms with E-state index >= 15 is 0 Å². The Balaban J connectivity index is 1.25. The molecule has 0 radical (unpaired) electrons. The molecule has 1 aliphatic heterocycles. The molecule has 8 nitrogen and oxygen atoms in total. The summed E-state index contributed by atoms with van der Waals surface area (Å²) >= 11 is 0. The fourth-order valence-electron chi connectivity index (χ4n) is 4.08.